The maximum Gasteiger partial charge on any atom is 0.348 e. The topological polar surface area (TPSA) is 77.8 Å². The molecule has 1 aromatic carbocycles. The molecule has 2 aliphatic rings. The molecule has 0 bridgehead atoms. The Kier molecular flexibility index (Phi) is 3.72. The lowest BCUT2D eigenvalue weighted by atomic mass is 10.1. The molecular formula is C17H13NO5. The zero-order chi connectivity index (χ0) is 16.4. The molecular weight excluding hydrogens is 298 g/mol. The Morgan fingerprint density at radius 2 is 1.83 bits per heavy atom. The van der Waals surface area contributed by atoms with E-state index in [1.807, 2.05) is 0 Å². The lowest BCUT2D eigenvalue weighted by molar-refractivity contribution is 0.0656. The predicted molar refractivity (Wildman–Crippen MR) is 82.5 cm³/mol. The molecule has 0 radical (unpaired) electrons. The van der Waals surface area contributed by atoms with E-state index >= 15 is 0 Å². The van der Waals surface area contributed by atoms with Crippen LogP contribution in [-0.4, -0.2) is 23.0 Å². The van der Waals surface area contributed by atoms with Gasteiger partial charge in [0.25, 0.3) is 0 Å². The Morgan fingerprint density at radius 3 is 2.61 bits per heavy atom. The number of aromatic nitrogens is 1. The smallest absolute Gasteiger partial charge is 0.348 e. The number of benzene rings is 2. The number of carbonyl (C=O) groups excluding carboxylic acids is 1. The van der Waals surface area contributed by atoms with Gasteiger partial charge in [0.15, 0.2) is 5.43 Å². The molecule has 0 spiro atoms. The van der Waals surface area contributed by atoms with Crippen molar-refractivity contribution < 1.29 is 19.5 Å². The molecule has 0 amide bonds. The lowest BCUT2D eigenvalue weighted by Crippen LogP contribution is -2.15. The van der Waals surface area contributed by atoms with Gasteiger partial charge in [-0.1, -0.05) is 12.1 Å². The average Bonchev–Trinajstić information content (AvgIpc) is 2.57. The summed E-state index contributed by atoms with van der Waals surface area (Å²) >= 11 is 0. The van der Waals surface area contributed by atoms with Gasteiger partial charge in [-0.05, 0) is 30.3 Å². The van der Waals surface area contributed by atoms with Gasteiger partial charge >= 0.3 is 5.97 Å². The number of fused-ring (bicyclic) bond motifs is 1. The largest absolute Gasteiger partial charge is 0.496 e. The third kappa shape index (κ3) is 2.74. The van der Waals surface area contributed by atoms with Crippen molar-refractivity contribution in [2.45, 2.75) is 0 Å². The summed E-state index contributed by atoms with van der Waals surface area (Å²) in [5.41, 5.74) is 0.869. The lowest BCUT2D eigenvalue weighted by Gasteiger charge is -2.14. The van der Waals surface area contributed by atoms with Gasteiger partial charge in [-0.3, -0.25) is 4.79 Å². The zero-order valence-corrected chi connectivity index (χ0v) is 12.2. The van der Waals surface area contributed by atoms with E-state index in [4.69, 9.17) is 9.47 Å². The summed E-state index contributed by atoms with van der Waals surface area (Å²) in [6.07, 6.45) is 0. The number of carbonyl (C=O) groups is 1. The van der Waals surface area contributed by atoms with E-state index in [2.05, 4.69) is 0 Å². The van der Waals surface area contributed by atoms with E-state index in [1.54, 1.807) is 36.4 Å². The van der Waals surface area contributed by atoms with Crippen LogP contribution in [0.4, 0.5) is 0 Å². The second-order valence-electron chi connectivity index (χ2n) is 4.79. The SMILES string of the molecule is COc1ccccc1C(=O)Oc1ccc2ccc(=O)cc-2n1O. The van der Waals surface area contributed by atoms with Gasteiger partial charge in [0.2, 0.25) is 5.88 Å². The molecule has 0 saturated carbocycles. The molecule has 0 unspecified atom stereocenters. The van der Waals surface area contributed by atoms with E-state index < -0.39 is 5.97 Å². The molecule has 1 N–H and O–H groups in total. The molecule has 6 nitrogen and oxygen atoms in total. The van der Waals surface area contributed by atoms with Crippen LogP contribution in [0.5, 0.6) is 11.6 Å². The van der Waals surface area contributed by atoms with E-state index in [9.17, 15) is 14.8 Å². The molecule has 0 saturated heterocycles. The number of hydrogen-bond acceptors (Lipinski definition) is 5. The Labute approximate surface area is 131 Å². The first kappa shape index (κ1) is 14.6. The number of para-hydroxylation sites is 1. The van der Waals surface area contributed by atoms with Crippen LogP contribution in [-0.2, 0) is 0 Å². The van der Waals surface area contributed by atoms with Crippen molar-refractivity contribution in [3.63, 3.8) is 0 Å². The van der Waals surface area contributed by atoms with E-state index in [-0.39, 0.29) is 22.6 Å². The van der Waals surface area contributed by atoms with E-state index in [0.29, 0.717) is 16.0 Å². The summed E-state index contributed by atoms with van der Waals surface area (Å²) in [4.78, 5) is 23.7. The molecule has 0 aromatic heterocycles. The van der Waals surface area contributed by atoms with E-state index in [0.717, 1.165) is 0 Å². The monoisotopic (exact) mass is 311 g/mol. The maximum atomic E-state index is 12.3. The molecule has 0 fully saturated rings. The standard InChI is InChI=1S/C17H13NO5/c1-22-15-5-3-2-4-13(15)17(20)23-16-9-7-11-6-8-12(19)10-14(11)18(16)21/h2-10,21H,1H3. The highest BCUT2D eigenvalue weighted by molar-refractivity contribution is 5.93. The fourth-order valence-corrected chi connectivity index (χ4v) is 2.24. The third-order valence-electron chi connectivity index (χ3n) is 3.37. The van der Waals surface area contributed by atoms with Crippen molar-refractivity contribution in [2.24, 2.45) is 0 Å². The normalized spacial score (nSPS) is 10.5. The van der Waals surface area contributed by atoms with Crippen LogP contribution >= 0.6 is 0 Å². The van der Waals surface area contributed by atoms with E-state index in [1.165, 1.54) is 25.3 Å². The second kappa shape index (κ2) is 5.84. The first-order chi connectivity index (χ1) is 11.1. The first-order valence-electron chi connectivity index (χ1n) is 6.80. The third-order valence-corrected chi connectivity index (χ3v) is 3.37. The Balaban J connectivity index is 1.99. The summed E-state index contributed by atoms with van der Waals surface area (Å²) < 4.78 is 11.0. The molecule has 0 atom stereocenters. The van der Waals surface area contributed by atoms with Crippen LogP contribution in [0.3, 0.4) is 0 Å². The van der Waals surface area contributed by atoms with Gasteiger partial charge in [0.1, 0.15) is 11.3 Å². The molecule has 116 valence electrons. The van der Waals surface area contributed by atoms with Crippen LogP contribution < -0.4 is 14.9 Å². The number of esters is 1. The summed E-state index contributed by atoms with van der Waals surface area (Å²) in [6.45, 7) is 0. The van der Waals surface area contributed by atoms with Crippen LogP contribution in [0.25, 0.3) is 11.3 Å². The van der Waals surface area contributed by atoms with Gasteiger partial charge in [0, 0.05) is 17.7 Å². The number of methoxy groups -OCH3 is 1. The van der Waals surface area contributed by atoms with Crippen LogP contribution in [0.2, 0.25) is 0 Å². The fraction of sp³-hybridized carbons (Fsp3) is 0.0588. The van der Waals surface area contributed by atoms with Crippen LogP contribution in [0, 0.1) is 0 Å². The Morgan fingerprint density at radius 1 is 1.09 bits per heavy atom. The van der Waals surface area contributed by atoms with Gasteiger partial charge in [-0.2, -0.15) is 4.73 Å². The van der Waals surface area contributed by atoms with Crippen molar-refractivity contribution in [2.75, 3.05) is 7.11 Å². The Bertz CT molecular complexity index is 900. The van der Waals surface area contributed by atoms with Gasteiger partial charge in [-0.15, -0.1) is 0 Å². The average molecular weight is 311 g/mol. The van der Waals surface area contributed by atoms with Crippen molar-refractivity contribution in [3.05, 3.63) is 70.4 Å². The number of pyridine rings is 1. The quantitative estimate of drug-likeness (QED) is 0.594. The summed E-state index contributed by atoms with van der Waals surface area (Å²) in [6, 6.07) is 13.9. The van der Waals surface area contributed by atoms with Crippen molar-refractivity contribution in [3.8, 4) is 22.9 Å². The molecule has 1 aliphatic heterocycles. The first-order valence-corrected chi connectivity index (χ1v) is 6.80. The molecule has 1 aliphatic carbocycles. The Hall–Kier alpha value is -3.28. The molecule has 23 heavy (non-hydrogen) atoms. The molecule has 6 heteroatoms. The number of hydrogen-bond donors (Lipinski definition) is 1. The maximum absolute atomic E-state index is 12.3. The van der Waals surface area contributed by atoms with Gasteiger partial charge in [-0.25, -0.2) is 4.79 Å². The summed E-state index contributed by atoms with van der Waals surface area (Å²) in [7, 11) is 1.45. The van der Waals surface area contributed by atoms with Crippen LogP contribution in [0.15, 0.2) is 59.4 Å². The predicted octanol–water partition coefficient (Wildman–Crippen LogP) is 2.42. The highest BCUT2D eigenvalue weighted by atomic mass is 16.6. The second-order valence-corrected chi connectivity index (χ2v) is 4.79. The van der Waals surface area contributed by atoms with Crippen molar-refractivity contribution >= 4 is 5.97 Å². The minimum absolute atomic E-state index is 0.0981. The van der Waals surface area contributed by atoms with Crippen LogP contribution in [0.1, 0.15) is 10.4 Å². The minimum Gasteiger partial charge on any atom is -0.496 e. The number of rotatable bonds is 3. The molecule has 3 rings (SSSR count). The van der Waals surface area contributed by atoms with Gasteiger partial charge in [0.05, 0.1) is 12.8 Å². The highest BCUT2D eigenvalue weighted by Gasteiger charge is 2.18. The number of ether oxygens (including phenoxy) is 2. The molecule has 1 heterocycles. The fourth-order valence-electron chi connectivity index (χ4n) is 2.24. The zero-order valence-electron chi connectivity index (χ0n) is 12.2. The van der Waals surface area contributed by atoms with Crippen molar-refractivity contribution in [1.29, 1.82) is 0 Å². The molecule has 1 aromatic rings. The highest BCUT2D eigenvalue weighted by Crippen LogP contribution is 2.26. The van der Waals surface area contributed by atoms with Crippen molar-refractivity contribution in [1.82, 2.24) is 4.73 Å². The minimum atomic E-state index is -0.678. The van der Waals surface area contributed by atoms with Gasteiger partial charge < -0.3 is 14.7 Å². The number of nitrogens with zero attached hydrogens (tertiary/aromatic N) is 1. The summed E-state index contributed by atoms with van der Waals surface area (Å²) in [5.74, 6) is -0.411. The summed E-state index contributed by atoms with van der Waals surface area (Å²) in [5, 5.41) is 10.2.